The normalized spacial score (nSPS) is 14.5. The molecule has 0 bridgehead atoms. The Bertz CT molecular complexity index is 358. The summed E-state index contributed by atoms with van der Waals surface area (Å²) in [6.07, 6.45) is 2.38. The molecule has 5 nitrogen and oxygen atoms in total. The van der Waals surface area contributed by atoms with Crippen molar-refractivity contribution in [1.29, 1.82) is 0 Å². The molecule has 16 heavy (non-hydrogen) atoms. The fourth-order valence-electron chi connectivity index (χ4n) is 1.33. The fraction of sp³-hybridized carbons (Fsp3) is 0.636. The summed E-state index contributed by atoms with van der Waals surface area (Å²) in [5.41, 5.74) is 5.89. The van der Waals surface area contributed by atoms with E-state index in [1.165, 1.54) is 0 Å². The van der Waals surface area contributed by atoms with E-state index >= 15 is 0 Å². The summed E-state index contributed by atoms with van der Waals surface area (Å²) in [7, 11) is 0. The summed E-state index contributed by atoms with van der Waals surface area (Å²) in [4.78, 5) is 11.5. The van der Waals surface area contributed by atoms with Crippen LogP contribution in [0.4, 0.5) is 0 Å². The summed E-state index contributed by atoms with van der Waals surface area (Å²) in [6.45, 7) is 6.34. The summed E-state index contributed by atoms with van der Waals surface area (Å²) in [5.74, 6) is -0.362. The average molecular weight is 225 g/mol. The van der Waals surface area contributed by atoms with Crippen LogP contribution in [0.15, 0.2) is 12.3 Å². The number of ether oxygens (including phenoxy) is 1. The van der Waals surface area contributed by atoms with Gasteiger partial charge in [0.05, 0.1) is 12.3 Å². The summed E-state index contributed by atoms with van der Waals surface area (Å²) < 4.78 is 6.68. The average Bonchev–Trinajstić information content (AvgIpc) is 2.62. The fourth-order valence-corrected chi connectivity index (χ4v) is 1.33. The Balaban J connectivity index is 2.50. The van der Waals surface area contributed by atoms with Crippen LogP contribution in [0.5, 0.6) is 0 Å². The Kier molecular flexibility index (Phi) is 4.06. The first-order valence-electron chi connectivity index (χ1n) is 5.42. The van der Waals surface area contributed by atoms with E-state index in [4.69, 9.17) is 10.5 Å². The van der Waals surface area contributed by atoms with Crippen molar-refractivity contribution in [1.82, 2.24) is 9.78 Å². The van der Waals surface area contributed by atoms with Crippen LogP contribution in [0.25, 0.3) is 0 Å². The molecular weight excluding hydrogens is 206 g/mol. The van der Waals surface area contributed by atoms with Crippen LogP contribution in [0, 0.1) is 6.92 Å². The molecule has 1 aromatic heterocycles. The molecule has 0 saturated carbocycles. The maximum absolute atomic E-state index is 11.5. The van der Waals surface area contributed by atoms with E-state index in [1.807, 2.05) is 19.2 Å². The highest BCUT2D eigenvalue weighted by molar-refractivity contribution is 5.79. The van der Waals surface area contributed by atoms with Crippen LogP contribution in [0.2, 0.25) is 0 Å². The number of hydrogen-bond donors (Lipinski definition) is 1. The highest BCUT2D eigenvalue weighted by Crippen LogP contribution is 2.10. The van der Waals surface area contributed by atoms with Gasteiger partial charge in [-0.05, 0) is 33.3 Å². The number of aromatic nitrogens is 2. The van der Waals surface area contributed by atoms with Crippen molar-refractivity contribution in [3.05, 3.63) is 18.0 Å². The first-order chi connectivity index (χ1) is 7.45. The molecule has 0 amide bonds. The molecule has 5 heteroatoms. The molecule has 0 spiro atoms. The SMILES string of the molecule is CCOC(=O)C(C)(N)CCn1ccc(C)n1. The Morgan fingerprint density at radius 3 is 2.88 bits per heavy atom. The first kappa shape index (κ1) is 12.7. The largest absolute Gasteiger partial charge is 0.465 e. The van der Waals surface area contributed by atoms with Crippen LogP contribution >= 0.6 is 0 Å². The third-order valence-electron chi connectivity index (χ3n) is 2.38. The van der Waals surface area contributed by atoms with Gasteiger partial charge in [0.1, 0.15) is 5.54 Å². The van der Waals surface area contributed by atoms with E-state index in [-0.39, 0.29) is 5.97 Å². The Hall–Kier alpha value is -1.36. The Morgan fingerprint density at radius 2 is 2.38 bits per heavy atom. The van der Waals surface area contributed by atoms with Crippen molar-refractivity contribution < 1.29 is 9.53 Å². The highest BCUT2D eigenvalue weighted by Gasteiger charge is 2.29. The second kappa shape index (κ2) is 5.12. The number of nitrogens with zero attached hydrogens (tertiary/aromatic N) is 2. The van der Waals surface area contributed by atoms with Crippen molar-refractivity contribution in [3.63, 3.8) is 0 Å². The number of esters is 1. The van der Waals surface area contributed by atoms with Crippen LogP contribution in [0.1, 0.15) is 26.0 Å². The smallest absolute Gasteiger partial charge is 0.325 e. The van der Waals surface area contributed by atoms with Crippen molar-refractivity contribution in [3.8, 4) is 0 Å². The number of carbonyl (C=O) groups is 1. The minimum absolute atomic E-state index is 0.354. The molecular formula is C11H19N3O2. The molecule has 1 atom stereocenters. The van der Waals surface area contributed by atoms with Crippen LogP contribution in [-0.2, 0) is 16.1 Å². The van der Waals surface area contributed by atoms with Gasteiger partial charge in [-0.15, -0.1) is 0 Å². The molecule has 1 heterocycles. The quantitative estimate of drug-likeness (QED) is 0.755. The second-order valence-corrected chi connectivity index (χ2v) is 4.11. The van der Waals surface area contributed by atoms with E-state index in [2.05, 4.69) is 5.10 Å². The molecule has 0 aromatic carbocycles. The third kappa shape index (κ3) is 3.34. The molecule has 0 aliphatic carbocycles. The summed E-state index contributed by atoms with van der Waals surface area (Å²) >= 11 is 0. The van der Waals surface area contributed by atoms with Gasteiger partial charge in [-0.1, -0.05) is 0 Å². The lowest BCUT2D eigenvalue weighted by molar-refractivity contribution is -0.149. The number of hydrogen-bond acceptors (Lipinski definition) is 4. The van der Waals surface area contributed by atoms with E-state index < -0.39 is 5.54 Å². The predicted molar refractivity (Wildman–Crippen MR) is 60.8 cm³/mol. The van der Waals surface area contributed by atoms with Crippen LogP contribution in [0.3, 0.4) is 0 Å². The standard InChI is InChI=1S/C11H19N3O2/c1-4-16-10(15)11(3,12)6-8-14-7-5-9(2)13-14/h5,7H,4,6,8,12H2,1-3H3. The Morgan fingerprint density at radius 1 is 1.69 bits per heavy atom. The van der Waals surface area contributed by atoms with E-state index in [0.29, 0.717) is 19.6 Å². The van der Waals surface area contributed by atoms with Crippen molar-refractivity contribution in [2.45, 2.75) is 39.3 Å². The predicted octanol–water partition coefficient (Wildman–Crippen LogP) is 0.862. The first-order valence-corrected chi connectivity index (χ1v) is 5.42. The topological polar surface area (TPSA) is 70.1 Å². The van der Waals surface area contributed by atoms with Gasteiger partial charge < -0.3 is 10.5 Å². The molecule has 0 aliphatic heterocycles. The van der Waals surface area contributed by atoms with Crippen molar-refractivity contribution in [2.75, 3.05) is 6.61 Å². The van der Waals surface area contributed by atoms with Gasteiger partial charge in [-0.25, -0.2) is 0 Å². The monoisotopic (exact) mass is 225 g/mol. The maximum Gasteiger partial charge on any atom is 0.325 e. The number of aryl methyl sites for hydroxylation is 2. The maximum atomic E-state index is 11.5. The van der Waals surface area contributed by atoms with Crippen LogP contribution < -0.4 is 5.73 Å². The van der Waals surface area contributed by atoms with E-state index in [1.54, 1.807) is 18.5 Å². The molecule has 1 rings (SSSR count). The number of nitrogens with two attached hydrogens (primary N) is 1. The van der Waals surface area contributed by atoms with Crippen molar-refractivity contribution >= 4 is 5.97 Å². The lowest BCUT2D eigenvalue weighted by Gasteiger charge is -2.21. The second-order valence-electron chi connectivity index (χ2n) is 4.11. The minimum Gasteiger partial charge on any atom is -0.465 e. The number of rotatable bonds is 5. The zero-order valence-electron chi connectivity index (χ0n) is 10.1. The molecule has 0 radical (unpaired) electrons. The molecule has 2 N–H and O–H groups in total. The van der Waals surface area contributed by atoms with Gasteiger partial charge in [0.2, 0.25) is 0 Å². The van der Waals surface area contributed by atoms with E-state index in [9.17, 15) is 4.79 Å². The Labute approximate surface area is 95.6 Å². The van der Waals surface area contributed by atoms with Gasteiger partial charge in [0.25, 0.3) is 0 Å². The molecule has 1 unspecified atom stereocenters. The van der Waals surface area contributed by atoms with Crippen molar-refractivity contribution in [2.24, 2.45) is 5.73 Å². The molecule has 0 saturated heterocycles. The van der Waals surface area contributed by atoms with Gasteiger partial charge in [0, 0.05) is 12.7 Å². The van der Waals surface area contributed by atoms with Crippen LogP contribution in [-0.4, -0.2) is 27.9 Å². The van der Waals surface area contributed by atoms with E-state index in [0.717, 1.165) is 5.69 Å². The zero-order valence-corrected chi connectivity index (χ0v) is 10.1. The molecule has 0 aliphatic rings. The minimum atomic E-state index is -0.949. The number of carbonyl (C=O) groups excluding carboxylic acids is 1. The summed E-state index contributed by atoms with van der Waals surface area (Å²) in [6, 6.07) is 1.91. The molecule has 1 aromatic rings. The zero-order chi connectivity index (χ0) is 12.2. The highest BCUT2D eigenvalue weighted by atomic mass is 16.5. The lowest BCUT2D eigenvalue weighted by atomic mass is 10.00. The summed E-state index contributed by atoms with van der Waals surface area (Å²) in [5, 5.41) is 4.23. The molecule has 90 valence electrons. The third-order valence-corrected chi connectivity index (χ3v) is 2.38. The molecule has 0 fully saturated rings. The van der Waals surface area contributed by atoms with Gasteiger partial charge in [-0.3, -0.25) is 9.48 Å². The lowest BCUT2D eigenvalue weighted by Crippen LogP contribution is -2.46. The van der Waals surface area contributed by atoms with Gasteiger partial charge in [-0.2, -0.15) is 5.10 Å². The van der Waals surface area contributed by atoms with Gasteiger partial charge >= 0.3 is 5.97 Å². The van der Waals surface area contributed by atoms with Gasteiger partial charge in [0.15, 0.2) is 0 Å².